The van der Waals surface area contributed by atoms with E-state index in [0.29, 0.717) is 0 Å². The SMILES string of the molecule is c1cc(-c2cccc3sc4ccccc4c23)cc(-n2c3ccccc3c3ccccc32)c1. The van der Waals surface area contributed by atoms with Gasteiger partial charge in [0.1, 0.15) is 0 Å². The summed E-state index contributed by atoms with van der Waals surface area (Å²) in [5.74, 6) is 0. The molecule has 0 aliphatic rings. The largest absolute Gasteiger partial charge is 0.309 e. The summed E-state index contributed by atoms with van der Waals surface area (Å²) in [7, 11) is 0. The van der Waals surface area contributed by atoms with E-state index in [-0.39, 0.29) is 0 Å². The Morgan fingerprint density at radius 3 is 1.91 bits per heavy atom. The number of aromatic nitrogens is 1. The molecular formula is C30H19NS. The van der Waals surface area contributed by atoms with Crippen LogP contribution in [0.4, 0.5) is 0 Å². The van der Waals surface area contributed by atoms with Gasteiger partial charge in [-0.3, -0.25) is 0 Å². The van der Waals surface area contributed by atoms with E-state index in [4.69, 9.17) is 0 Å². The molecule has 32 heavy (non-hydrogen) atoms. The van der Waals surface area contributed by atoms with Gasteiger partial charge in [0.05, 0.1) is 11.0 Å². The number of thiophene rings is 1. The Labute approximate surface area is 189 Å². The Bertz CT molecular complexity index is 1730. The van der Waals surface area contributed by atoms with Crippen molar-refractivity contribution >= 4 is 53.3 Å². The number of benzene rings is 5. The standard InChI is InChI=1S/C30H19NS/c1-4-15-26-23(11-1)24-12-2-5-16-27(24)31(26)21-10-7-9-20(19-21)22-14-8-18-29-30(22)25-13-3-6-17-28(25)32-29/h1-19H. The van der Waals surface area contributed by atoms with E-state index < -0.39 is 0 Å². The summed E-state index contributed by atoms with van der Waals surface area (Å²) in [6.07, 6.45) is 0. The molecule has 0 bridgehead atoms. The van der Waals surface area contributed by atoms with E-state index in [1.807, 2.05) is 11.3 Å². The number of fused-ring (bicyclic) bond motifs is 6. The molecule has 0 radical (unpaired) electrons. The number of para-hydroxylation sites is 2. The second kappa shape index (κ2) is 6.81. The highest BCUT2D eigenvalue weighted by Gasteiger charge is 2.14. The molecule has 0 amide bonds. The van der Waals surface area contributed by atoms with E-state index in [1.54, 1.807) is 0 Å². The van der Waals surface area contributed by atoms with Gasteiger partial charge < -0.3 is 4.57 Å². The average molecular weight is 426 g/mol. The molecule has 7 aromatic rings. The van der Waals surface area contributed by atoms with E-state index >= 15 is 0 Å². The summed E-state index contributed by atoms with van der Waals surface area (Å²) in [6, 6.07) is 41.7. The molecule has 0 fully saturated rings. The monoisotopic (exact) mass is 425 g/mol. The lowest BCUT2D eigenvalue weighted by atomic mass is 9.99. The molecule has 2 heteroatoms. The van der Waals surface area contributed by atoms with Crippen molar-refractivity contribution < 1.29 is 0 Å². The van der Waals surface area contributed by atoms with Crippen molar-refractivity contribution in [3.63, 3.8) is 0 Å². The van der Waals surface area contributed by atoms with Gasteiger partial charge in [-0.25, -0.2) is 0 Å². The van der Waals surface area contributed by atoms with Crippen LogP contribution in [0, 0.1) is 0 Å². The quantitative estimate of drug-likeness (QED) is 0.261. The van der Waals surface area contributed by atoms with Crippen LogP contribution in [0.5, 0.6) is 0 Å². The van der Waals surface area contributed by atoms with Crippen LogP contribution in [-0.4, -0.2) is 4.57 Å². The highest BCUT2D eigenvalue weighted by molar-refractivity contribution is 7.25. The van der Waals surface area contributed by atoms with Gasteiger partial charge in [-0.1, -0.05) is 78.9 Å². The third-order valence-corrected chi connectivity index (χ3v) is 7.53. The van der Waals surface area contributed by atoms with Crippen molar-refractivity contribution in [1.82, 2.24) is 4.57 Å². The highest BCUT2D eigenvalue weighted by atomic mass is 32.1. The highest BCUT2D eigenvalue weighted by Crippen LogP contribution is 2.40. The van der Waals surface area contributed by atoms with Crippen LogP contribution in [0.2, 0.25) is 0 Å². The lowest BCUT2D eigenvalue weighted by molar-refractivity contribution is 1.18. The third kappa shape index (κ3) is 2.50. The fourth-order valence-electron chi connectivity index (χ4n) is 5.03. The summed E-state index contributed by atoms with van der Waals surface area (Å²) < 4.78 is 5.07. The molecule has 2 aromatic heterocycles. The van der Waals surface area contributed by atoms with Gasteiger partial charge in [-0.05, 0) is 47.5 Å². The number of hydrogen-bond acceptors (Lipinski definition) is 1. The molecule has 0 N–H and O–H groups in total. The maximum absolute atomic E-state index is 2.39. The Kier molecular flexibility index (Phi) is 3.78. The number of rotatable bonds is 2. The van der Waals surface area contributed by atoms with E-state index in [1.165, 1.54) is 58.8 Å². The third-order valence-electron chi connectivity index (χ3n) is 6.40. The fraction of sp³-hybridized carbons (Fsp3) is 0. The lowest BCUT2D eigenvalue weighted by Gasteiger charge is -2.11. The smallest absolute Gasteiger partial charge is 0.0541 e. The maximum atomic E-state index is 2.39. The van der Waals surface area contributed by atoms with Crippen LogP contribution >= 0.6 is 11.3 Å². The van der Waals surface area contributed by atoms with E-state index in [2.05, 4.69) is 120 Å². The molecule has 150 valence electrons. The predicted octanol–water partition coefficient (Wildman–Crippen LogP) is 8.82. The van der Waals surface area contributed by atoms with Crippen LogP contribution in [-0.2, 0) is 0 Å². The minimum Gasteiger partial charge on any atom is -0.309 e. The minimum absolute atomic E-state index is 1.19. The van der Waals surface area contributed by atoms with Crippen LogP contribution < -0.4 is 0 Å². The van der Waals surface area contributed by atoms with Crippen molar-refractivity contribution in [2.75, 3.05) is 0 Å². The second-order valence-corrected chi connectivity index (χ2v) is 9.28. The molecule has 2 heterocycles. The fourth-order valence-corrected chi connectivity index (χ4v) is 6.16. The van der Waals surface area contributed by atoms with Crippen molar-refractivity contribution in [3.05, 3.63) is 115 Å². The summed E-state index contributed by atoms with van der Waals surface area (Å²) >= 11 is 1.87. The van der Waals surface area contributed by atoms with E-state index in [9.17, 15) is 0 Å². The normalized spacial score (nSPS) is 11.8. The first kappa shape index (κ1) is 17.8. The van der Waals surface area contributed by atoms with Gasteiger partial charge in [-0.15, -0.1) is 11.3 Å². The summed E-state index contributed by atoms with van der Waals surface area (Å²) in [5, 5.41) is 5.27. The molecule has 7 rings (SSSR count). The van der Waals surface area contributed by atoms with Crippen molar-refractivity contribution in [3.8, 4) is 16.8 Å². The molecule has 0 saturated carbocycles. The van der Waals surface area contributed by atoms with Gasteiger partial charge >= 0.3 is 0 Å². The van der Waals surface area contributed by atoms with Crippen LogP contribution in [0.1, 0.15) is 0 Å². The summed E-state index contributed by atoms with van der Waals surface area (Å²) in [5.41, 5.74) is 6.22. The van der Waals surface area contributed by atoms with Crippen LogP contribution in [0.3, 0.4) is 0 Å². The van der Waals surface area contributed by atoms with E-state index in [0.717, 1.165) is 0 Å². The number of hydrogen-bond donors (Lipinski definition) is 0. The van der Waals surface area contributed by atoms with Crippen molar-refractivity contribution in [2.24, 2.45) is 0 Å². The second-order valence-electron chi connectivity index (χ2n) is 8.20. The molecule has 1 nitrogen and oxygen atoms in total. The van der Waals surface area contributed by atoms with Crippen LogP contribution in [0.25, 0.3) is 58.8 Å². The molecule has 0 spiro atoms. The topological polar surface area (TPSA) is 4.93 Å². The predicted molar refractivity (Wildman–Crippen MR) is 139 cm³/mol. The van der Waals surface area contributed by atoms with Gasteiger partial charge in [-0.2, -0.15) is 0 Å². The molecule has 0 aliphatic heterocycles. The Morgan fingerprint density at radius 2 is 1.12 bits per heavy atom. The summed E-state index contributed by atoms with van der Waals surface area (Å²) in [4.78, 5) is 0. The minimum atomic E-state index is 1.19. The Hall–Kier alpha value is -3.88. The van der Waals surface area contributed by atoms with Gasteiger partial charge in [0.25, 0.3) is 0 Å². The zero-order chi connectivity index (χ0) is 21.1. The number of nitrogens with zero attached hydrogens (tertiary/aromatic N) is 1. The first-order valence-corrected chi connectivity index (χ1v) is 11.7. The Morgan fingerprint density at radius 1 is 0.500 bits per heavy atom. The molecule has 0 unspecified atom stereocenters. The van der Waals surface area contributed by atoms with Crippen molar-refractivity contribution in [1.29, 1.82) is 0 Å². The molecule has 0 saturated heterocycles. The first-order valence-electron chi connectivity index (χ1n) is 10.9. The Balaban J connectivity index is 1.52. The van der Waals surface area contributed by atoms with Crippen LogP contribution in [0.15, 0.2) is 115 Å². The molecular weight excluding hydrogens is 406 g/mol. The zero-order valence-corrected chi connectivity index (χ0v) is 18.1. The first-order chi connectivity index (χ1) is 15.9. The molecule has 0 atom stereocenters. The average Bonchev–Trinajstić information content (AvgIpc) is 3.40. The summed E-state index contributed by atoms with van der Waals surface area (Å²) in [6.45, 7) is 0. The van der Waals surface area contributed by atoms with Gasteiger partial charge in [0, 0.05) is 36.6 Å². The van der Waals surface area contributed by atoms with Crippen molar-refractivity contribution in [2.45, 2.75) is 0 Å². The lowest BCUT2D eigenvalue weighted by Crippen LogP contribution is -1.94. The molecule has 5 aromatic carbocycles. The van der Waals surface area contributed by atoms with Gasteiger partial charge in [0.15, 0.2) is 0 Å². The maximum Gasteiger partial charge on any atom is 0.0541 e. The molecule has 0 aliphatic carbocycles. The van der Waals surface area contributed by atoms with Gasteiger partial charge in [0.2, 0.25) is 0 Å². The zero-order valence-electron chi connectivity index (χ0n) is 17.3.